The fourth-order valence-electron chi connectivity index (χ4n) is 4.23. The SMILES string of the molecule is C=CCN(CC(=O)N(Cc1ccc2c(c1)OCO2)Cc1cccs1)C(=O)NC1CCCCC1. The molecule has 7 nitrogen and oxygen atoms in total. The van der Waals surface area contributed by atoms with Crippen molar-refractivity contribution in [2.45, 2.75) is 51.2 Å². The van der Waals surface area contributed by atoms with Gasteiger partial charge in [0.15, 0.2) is 11.5 Å². The van der Waals surface area contributed by atoms with Crippen molar-refractivity contribution in [3.05, 3.63) is 58.8 Å². The van der Waals surface area contributed by atoms with Crippen LogP contribution in [0.25, 0.3) is 0 Å². The second kappa shape index (κ2) is 11.2. The molecule has 1 fully saturated rings. The molecule has 3 amide bonds. The molecular formula is C25H31N3O4S. The Morgan fingerprint density at radius 3 is 2.67 bits per heavy atom. The van der Waals surface area contributed by atoms with Crippen LogP contribution in [0.1, 0.15) is 42.5 Å². The first-order chi connectivity index (χ1) is 16.1. The largest absolute Gasteiger partial charge is 0.454 e. The smallest absolute Gasteiger partial charge is 0.318 e. The summed E-state index contributed by atoms with van der Waals surface area (Å²) < 4.78 is 10.9. The Kier molecular flexibility index (Phi) is 7.88. The van der Waals surface area contributed by atoms with Crippen LogP contribution in [0.3, 0.4) is 0 Å². The zero-order valence-corrected chi connectivity index (χ0v) is 19.6. The van der Waals surface area contributed by atoms with Gasteiger partial charge in [0.1, 0.15) is 6.54 Å². The van der Waals surface area contributed by atoms with Gasteiger partial charge in [-0.3, -0.25) is 4.79 Å². The number of benzene rings is 1. The number of fused-ring (bicyclic) bond motifs is 1. The zero-order valence-electron chi connectivity index (χ0n) is 18.8. The predicted octanol–water partition coefficient (Wildman–Crippen LogP) is 4.54. The highest BCUT2D eigenvalue weighted by atomic mass is 32.1. The van der Waals surface area contributed by atoms with Crippen molar-refractivity contribution in [1.82, 2.24) is 15.1 Å². The van der Waals surface area contributed by atoms with Crippen molar-refractivity contribution in [3.63, 3.8) is 0 Å². The fraction of sp³-hybridized carbons (Fsp3) is 0.440. The number of carbonyl (C=O) groups is 2. The first-order valence-corrected chi connectivity index (χ1v) is 12.4. The van der Waals surface area contributed by atoms with Crippen molar-refractivity contribution in [2.75, 3.05) is 19.9 Å². The van der Waals surface area contributed by atoms with E-state index in [1.807, 2.05) is 35.7 Å². The second-order valence-corrected chi connectivity index (χ2v) is 9.50. The fourth-order valence-corrected chi connectivity index (χ4v) is 4.95. The third-order valence-electron chi connectivity index (χ3n) is 5.99. The van der Waals surface area contributed by atoms with E-state index in [0.29, 0.717) is 31.1 Å². The number of amides is 3. The number of carbonyl (C=O) groups excluding carboxylic acids is 2. The molecule has 8 heteroatoms. The van der Waals surface area contributed by atoms with Gasteiger partial charge < -0.3 is 24.6 Å². The van der Waals surface area contributed by atoms with Crippen molar-refractivity contribution < 1.29 is 19.1 Å². The van der Waals surface area contributed by atoms with E-state index in [1.165, 1.54) is 6.42 Å². The molecule has 176 valence electrons. The van der Waals surface area contributed by atoms with Crippen LogP contribution < -0.4 is 14.8 Å². The van der Waals surface area contributed by atoms with Gasteiger partial charge in [-0.1, -0.05) is 37.5 Å². The number of hydrogen-bond donors (Lipinski definition) is 1. The lowest BCUT2D eigenvalue weighted by molar-refractivity contribution is -0.133. The first-order valence-electron chi connectivity index (χ1n) is 11.5. The number of hydrogen-bond acceptors (Lipinski definition) is 5. The normalized spacial score (nSPS) is 15.2. The maximum atomic E-state index is 13.4. The lowest BCUT2D eigenvalue weighted by atomic mass is 9.96. The Hall–Kier alpha value is -3.00. The van der Waals surface area contributed by atoms with Crippen LogP contribution in [0.5, 0.6) is 11.5 Å². The summed E-state index contributed by atoms with van der Waals surface area (Å²) in [6, 6.07) is 9.70. The molecule has 2 aliphatic rings. The Morgan fingerprint density at radius 2 is 1.91 bits per heavy atom. The third-order valence-corrected chi connectivity index (χ3v) is 6.85. The number of nitrogens with one attached hydrogen (secondary N) is 1. The zero-order chi connectivity index (χ0) is 23.0. The number of ether oxygens (including phenoxy) is 2. The van der Waals surface area contributed by atoms with Crippen LogP contribution in [-0.2, 0) is 17.9 Å². The number of thiophene rings is 1. The number of rotatable bonds is 9. The minimum absolute atomic E-state index is 0.000496. The molecule has 0 radical (unpaired) electrons. The van der Waals surface area contributed by atoms with Crippen LogP contribution in [0.15, 0.2) is 48.4 Å². The topological polar surface area (TPSA) is 71.1 Å². The summed E-state index contributed by atoms with van der Waals surface area (Å²) in [5, 5.41) is 5.11. The third kappa shape index (κ3) is 6.28. The Labute approximate surface area is 199 Å². The lowest BCUT2D eigenvalue weighted by Crippen LogP contribution is -2.49. The summed E-state index contributed by atoms with van der Waals surface area (Å²) in [6.07, 6.45) is 7.14. The Bertz CT molecular complexity index is 957. The summed E-state index contributed by atoms with van der Waals surface area (Å²) in [5.41, 5.74) is 0.950. The van der Waals surface area contributed by atoms with Crippen LogP contribution >= 0.6 is 11.3 Å². The molecule has 4 rings (SSSR count). The van der Waals surface area contributed by atoms with E-state index in [2.05, 4.69) is 11.9 Å². The van der Waals surface area contributed by atoms with Gasteiger partial charge in [0.25, 0.3) is 0 Å². The van der Waals surface area contributed by atoms with E-state index in [9.17, 15) is 9.59 Å². The molecule has 0 atom stereocenters. The monoisotopic (exact) mass is 469 g/mol. The van der Waals surface area contributed by atoms with E-state index in [4.69, 9.17) is 9.47 Å². The van der Waals surface area contributed by atoms with E-state index >= 15 is 0 Å². The highest BCUT2D eigenvalue weighted by Crippen LogP contribution is 2.33. The Balaban J connectivity index is 1.45. The molecule has 33 heavy (non-hydrogen) atoms. The first kappa shape index (κ1) is 23.2. The van der Waals surface area contributed by atoms with E-state index in [1.54, 1.807) is 27.2 Å². The average molecular weight is 470 g/mol. The van der Waals surface area contributed by atoms with E-state index in [-0.39, 0.29) is 31.3 Å². The summed E-state index contributed by atoms with van der Waals surface area (Å²) >= 11 is 1.61. The molecule has 1 aromatic heterocycles. The predicted molar refractivity (Wildman–Crippen MR) is 128 cm³/mol. The van der Waals surface area contributed by atoms with Crippen molar-refractivity contribution in [1.29, 1.82) is 0 Å². The minimum atomic E-state index is -0.200. The second-order valence-electron chi connectivity index (χ2n) is 8.47. The van der Waals surface area contributed by atoms with Gasteiger partial charge in [0.2, 0.25) is 12.7 Å². The molecule has 0 bridgehead atoms. The van der Waals surface area contributed by atoms with Gasteiger partial charge in [0, 0.05) is 24.0 Å². The molecular weight excluding hydrogens is 438 g/mol. The minimum Gasteiger partial charge on any atom is -0.454 e. The maximum absolute atomic E-state index is 13.4. The molecule has 2 heterocycles. The quantitative estimate of drug-likeness (QED) is 0.548. The highest BCUT2D eigenvalue weighted by Gasteiger charge is 2.24. The number of nitrogens with zero attached hydrogens (tertiary/aromatic N) is 2. The maximum Gasteiger partial charge on any atom is 0.318 e. The summed E-state index contributed by atoms with van der Waals surface area (Å²) in [4.78, 5) is 30.8. The summed E-state index contributed by atoms with van der Waals surface area (Å²) in [5.74, 6) is 1.30. The molecule has 1 saturated carbocycles. The molecule has 0 spiro atoms. The van der Waals surface area contributed by atoms with Gasteiger partial charge in [-0.15, -0.1) is 17.9 Å². The van der Waals surface area contributed by atoms with Gasteiger partial charge in [-0.2, -0.15) is 0 Å². The molecule has 1 aliphatic carbocycles. The molecule has 0 saturated heterocycles. The average Bonchev–Trinajstić information content (AvgIpc) is 3.50. The van der Waals surface area contributed by atoms with Crippen LogP contribution in [0.4, 0.5) is 4.79 Å². The molecule has 1 N–H and O–H groups in total. The van der Waals surface area contributed by atoms with E-state index in [0.717, 1.165) is 36.1 Å². The summed E-state index contributed by atoms with van der Waals surface area (Å²) in [6.45, 7) is 5.21. The highest BCUT2D eigenvalue weighted by molar-refractivity contribution is 7.09. The van der Waals surface area contributed by atoms with Crippen LogP contribution in [0, 0.1) is 0 Å². The lowest BCUT2D eigenvalue weighted by Gasteiger charge is -2.29. The van der Waals surface area contributed by atoms with E-state index < -0.39 is 0 Å². The molecule has 1 aromatic carbocycles. The van der Waals surface area contributed by atoms with Crippen LogP contribution in [-0.4, -0.2) is 47.7 Å². The molecule has 1 aliphatic heterocycles. The molecule has 0 unspecified atom stereocenters. The van der Waals surface area contributed by atoms with Crippen molar-refractivity contribution in [3.8, 4) is 11.5 Å². The van der Waals surface area contributed by atoms with Crippen LogP contribution in [0.2, 0.25) is 0 Å². The van der Waals surface area contributed by atoms with Gasteiger partial charge >= 0.3 is 6.03 Å². The number of urea groups is 1. The molecule has 2 aromatic rings. The van der Waals surface area contributed by atoms with Gasteiger partial charge in [-0.25, -0.2) is 4.79 Å². The summed E-state index contributed by atoms with van der Waals surface area (Å²) in [7, 11) is 0. The standard InChI is InChI=1S/C25H31N3O4S/c1-2-12-27(25(30)26-20-7-4-3-5-8-20)17-24(29)28(16-21-9-6-13-33-21)15-19-10-11-22-23(14-19)32-18-31-22/h2,6,9-11,13-14,20H,1,3-5,7-8,12,15-18H2,(H,26,30). The van der Waals surface area contributed by atoms with Gasteiger partial charge in [-0.05, 0) is 42.0 Å². The van der Waals surface area contributed by atoms with Crippen molar-refractivity contribution in [2.24, 2.45) is 0 Å². The Morgan fingerprint density at radius 1 is 1.09 bits per heavy atom. The van der Waals surface area contributed by atoms with Crippen molar-refractivity contribution >= 4 is 23.3 Å². The van der Waals surface area contributed by atoms with Gasteiger partial charge in [0.05, 0.1) is 6.54 Å².